The number of carbonyl (C=O) groups is 1. The Kier molecular flexibility index (Phi) is 7.30. The summed E-state index contributed by atoms with van der Waals surface area (Å²) in [7, 11) is 5.50. The predicted octanol–water partition coefficient (Wildman–Crippen LogP) is 3.45. The minimum absolute atomic E-state index is 0.0789. The predicted molar refractivity (Wildman–Crippen MR) is 121 cm³/mol. The minimum atomic E-state index is -0.232. The first-order valence-corrected chi connectivity index (χ1v) is 10.1. The number of nitrogens with zero attached hydrogens (tertiary/aromatic N) is 2. The van der Waals surface area contributed by atoms with Crippen LogP contribution in [0.3, 0.4) is 0 Å². The van der Waals surface area contributed by atoms with Crippen molar-refractivity contribution >= 4 is 23.2 Å². The van der Waals surface area contributed by atoms with E-state index in [1.165, 1.54) is 0 Å². The fraction of sp³-hybridized carbons (Fsp3) is 0.391. The van der Waals surface area contributed by atoms with Gasteiger partial charge in [0, 0.05) is 32.0 Å². The summed E-state index contributed by atoms with van der Waals surface area (Å²) in [5, 5.41) is 6.14. The van der Waals surface area contributed by atoms with Crippen LogP contribution in [0.15, 0.2) is 47.5 Å². The molecule has 1 aliphatic heterocycles. The number of ether oxygens (including phenoxy) is 2. The zero-order valence-electron chi connectivity index (χ0n) is 18.1. The summed E-state index contributed by atoms with van der Waals surface area (Å²) in [6.07, 6.45) is 2.09. The third kappa shape index (κ3) is 5.73. The van der Waals surface area contributed by atoms with Gasteiger partial charge in [-0.25, -0.2) is 4.99 Å². The van der Waals surface area contributed by atoms with Crippen LogP contribution in [0.5, 0.6) is 5.75 Å². The first-order valence-electron chi connectivity index (χ1n) is 10.1. The number of methoxy groups -OCH3 is 1. The SMILES string of the molecule is COc1ccc(C)cc1NC(=NC[C@@H]1CCCO1)NC(=O)c1cccc(N(C)C)c1. The summed E-state index contributed by atoms with van der Waals surface area (Å²) in [6.45, 7) is 3.24. The molecular weight excluding hydrogens is 380 g/mol. The normalized spacial score (nSPS) is 16.3. The lowest BCUT2D eigenvalue weighted by molar-refractivity contribution is 0.0975. The highest BCUT2D eigenvalue weighted by molar-refractivity contribution is 6.10. The van der Waals surface area contributed by atoms with E-state index < -0.39 is 0 Å². The minimum Gasteiger partial charge on any atom is -0.495 e. The molecule has 0 aromatic heterocycles. The molecule has 1 saturated heterocycles. The largest absolute Gasteiger partial charge is 0.495 e. The van der Waals surface area contributed by atoms with Crippen molar-refractivity contribution in [2.75, 3.05) is 44.6 Å². The molecule has 0 unspecified atom stereocenters. The summed E-state index contributed by atoms with van der Waals surface area (Å²) in [4.78, 5) is 19.5. The summed E-state index contributed by atoms with van der Waals surface area (Å²) < 4.78 is 11.1. The molecule has 0 radical (unpaired) electrons. The van der Waals surface area contributed by atoms with E-state index in [4.69, 9.17) is 9.47 Å². The first kappa shape index (κ1) is 21.6. The number of nitrogens with one attached hydrogen (secondary N) is 2. The van der Waals surface area contributed by atoms with Crippen molar-refractivity contribution in [3.8, 4) is 5.75 Å². The molecule has 30 heavy (non-hydrogen) atoms. The van der Waals surface area contributed by atoms with E-state index >= 15 is 0 Å². The van der Waals surface area contributed by atoms with Gasteiger partial charge in [-0.3, -0.25) is 10.1 Å². The molecule has 7 heteroatoms. The van der Waals surface area contributed by atoms with Gasteiger partial charge in [0.05, 0.1) is 25.4 Å². The second-order valence-corrected chi connectivity index (χ2v) is 7.55. The van der Waals surface area contributed by atoms with Crippen LogP contribution in [-0.4, -0.2) is 52.3 Å². The number of guanidine groups is 1. The van der Waals surface area contributed by atoms with Crippen LogP contribution in [-0.2, 0) is 4.74 Å². The van der Waals surface area contributed by atoms with Crippen LogP contribution < -0.4 is 20.3 Å². The van der Waals surface area contributed by atoms with Crippen molar-refractivity contribution in [1.29, 1.82) is 0 Å². The van der Waals surface area contributed by atoms with E-state index in [2.05, 4.69) is 15.6 Å². The van der Waals surface area contributed by atoms with Crippen LogP contribution in [0.4, 0.5) is 11.4 Å². The fourth-order valence-corrected chi connectivity index (χ4v) is 3.24. The van der Waals surface area contributed by atoms with Gasteiger partial charge < -0.3 is 19.7 Å². The topological polar surface area (TPSA) is 75.2 Å². The van der Waals surface area contributed by atoms with Crippen molar-refractivity contribution in [3.05, 3.63) is 53.6 Å². The second-order valence-electron chi connectivity index (χ2n) is 7.55. The summed E-state index contributed by atoms with van der Waals surface area (Å²) in [5.74, 6) is 0.813. The molecule has 1 aliphatic rings. The number of aryl methyl sites for hydroxylation is 1. The van der Waals surface area contributed by atoms with Crippen LogP contribution in [0.2, 0.25) is 0 Å². The first-order chi connectivity index (χ1) is 14.5. The zero-order chi connectivity index (χ0) is 21.5. The van der Waals surface area contributed by atoms with Gasteiger partial charge in [-0.2, -0.15) is 0 Å². The molecule has 0 bridgehead atoms. The molecule has 3 rings (SSSR count). The van der Waals surface area contributed by atoms with Crippen molar-refractivity contribution in [3.63, 3.8) is 0 Å². The van der Waals surface area contributed by atoms with Crippen LogP contribution in [0.25, 0.3) is 0 Å². The van der Waals surface area contributed by atoms with Crippen molar-refractivity contribution in [2.45, 2.75) is 25.9 Å². The third-order valence-electron chi connectivity index (χ3n) is 4.94. The molecule has 1 atom stereocenters. The highest BCUT2D eigenvalue weighted by Crippen LogP contribution is 2.25. The number of benzene rings is 2. The molecular formula is C23H30N4O3. The van der Waals surface area contributed by atoms with Gasteiger partial charge in [0.1, 0.15) is 5.75 Å². The number of hydrogen-bond donors (Lipinski definition) is 2. The summed E-state index contributed by atoms with van der Waals surface area (Å²) in [6, 6.07) is 13.3. The van der Waals surface area contributed by atoms with E-state index in [1.807, 2.05) is 62.3 Å². The molecule has 2 N–H and O–H groups in total. The Morgan fingerprint density at radius 1 is 1.27 bits per heavy atom. The Balaban J connectivity index is 1.82. The average molecular weight is 411 g/mol. The van der Waals surface area contributed by atoms with E-state index in [0.29, 0.717) is 23.8 Å². The monoisotopic (exact) mass is 410 g/mol. The lowest BCUT2D eigenvalue weighted by atomic mass is 10.2. The van der Waals surface area contributed by atoms with Crippen LogP contribution >= 0.6 is 0 Å². The summed E-state index contributed by atoms with van der Waals surface area (Å²) >= 11 is 0. The Morgan fingerprint density at radius 2 is 2.10 bits per heavy atom. The third-order valence-corrected chi connectivity index (χ3v) is 4.94. The van der Waals surface area contributed by atoms with Crippen LogP contribution in [0, 0.1) is 6.92 Å². The highest BCUT2D eigenvalue weighted by atomic mass is 16.5. The average Bonchev–Trinajstić information content (AvgIpc) is 3.26. The van der Waals surface area contributed by atoms with Gasteiger partial charge in [0.25, 0.3) is 5.91 Å². The molecule has 1 amide bonds. The maximum absolute atomic E-state index is 12.9. The number of amides is 1. The van der Waals surface area contributed by atoms with Crippen molar-refractivity contribution < 1.29 is 14.3 Å². The molecule has 2 aromatic carbocycles. The fourth-order valence-electron chi connectivity index (χ4n) is 3.24. The number of rotatable bonds is 6. The van der Waals surface area contributed by atoms with Crippen molar-refractivity contribution in [2.24, 2.45) is 4.99 Å². The molecule has 0 saturated carbocycles. The maximum Gasteiger partial charge on any atom is 0.258 e. The molecule has 1 heterocycles. The molecule has 2 aromatic rings. The smallest absolute Gasteiger partial charge is 0.258 e. The van der Waals surface area contributed by atoms with E-state index in [9.17, 15) is 4.79 Å². The maximum atomic E-state index is 12.9. The Labute approximate surface area is 178 Å². The lowest BCUT2D eigenvalue weighted by Crippen LogP contribution is -2.37. The lowest BCUT2D eigenvalue weighted by Gasteiger charge is -2.17. The molecule has 0 spiro atoms. The van der Waals surface area contributed by atoms with Gasteiger partial charge in [-0.15, -0.1) is 0 Å². The standard InChI is InChI=1S/C23H30N4O3/c1-16-10-11-21(29-4)20(13-16)25-23(24-15-19-9-6-12-30-19)26-22(28)17-7-5-8-18(14-17)27(2)3/h5,7-8,10-11,13-14,19H,6,9,12,15H2,1-4H3,(H2,24,25,26,28)/t19-/m0/s1. The second kappa shape index (κ2) is 10.1. The molecule has 0 aliphatic carbocycles. The Morgan fingerprint density at radius 3 is 2.80 bits per heavy atom. The Hall–Kier alpha value is -3.06. The molecule has 1 fully saturated rings. The molecule has 7 nitrogen and oxygen atoms in total. The summed E-state index contributed by atoms with van der Waals surface area (Å²) in [5.41, 5.74) is 3.32. The van der Waals surface area contributed by atoms with Gasteiger partial charge in [-0.1, -0.05) is 12.1 Å². The Bertz CT molecular complexity index is 905. The quantitative estimate of drug-likeness (QED) is 0.564. The number of hydrogen-bond acceptors (Lipinski definition) is 5. The number of carbonyl (C=O) groups excluding carboxylic acids is 1. The highest BCUT2D eigenvalue weighted by Gasteiger charge is 2.17. The van der Waals surface area contributed by atoms with E-state index in [-0.39, 0.29) is 12.0 Å². The van der Waals surface area contributed by atoms with Gasteiger partial charge in [-0.05, 0) is 55.7 Å². The van der Waals surface area contributed by atoms with E-state index in [0.717, 1.165) is 36.4 Å². The number of anilines is 2. The van der Waals surface area contributed by atoms with E-state index in [1.54, 1.807) is 13.2 Å². The van der Waals surface area contributed by atoms with Gasteiger partial charge in [0.2, 0.25) is 5.96 Å². The van der Waals surface area contributed by atoms with Gasteiger partial charge in [0.15, 0.2) is 0 Å². The van der Waals surface area contributed by atoms with Crippen LogP contribution in [0.1, 0.15) is 28.8 Å². The van der Waals surface area contributed by atoms with Gasteiger partial charge >= 0.3 is 0 Å². The zero-order valence-corrected chi connectivity index (χ0v) is 18.1. The molecule has 160 valence electrons. The number of aliphatic imine (C=N–C) groups is 1. The van der Waals surface area contributed by atoms with Crippen molar-refractivity contribution in [1.82, 2.24) is 5.32 Å².